The minimum absolute atomic E-state index is 0.0980. The third-order valence-corrected chi connectivity index (χ3v) is 5.21. The summed E-state index contributed by atoms with van der Waals surface area (Å²) >= 11 is 0. The van der Waals surface area contributed by atoms with Gasteiger partial charge in [-0.25, -0.2) is 0 Å². The van der Waals surface area contributed by atoms with Crippen LogP contribution in [0.4, 0.5) is 0 Å². The van der Waals surface area contributed by atoms with Crippen LogP contribution in [-0.2, 0) is 26.8 Å². The van der Waals surface area contributed by atoms with Crippen LogP contribution in [-0.4, -0.2) is 12.6 Å². The van der Waals surface area contributed by atoms with Gasteiger partial charge < -0.3 is 4.74 Å². The van der Waals surface area contributed by atoms with Gasteiger partial charge in [-0.1, -0.05) is 39.8 Å². The van der Waals surface area contributed by atoms with Gasteiger partial charge in [0.25, 0.3) is 0 Å². The summed E-state index contributed by atoms with van der Waals surface area (Å²) in [4.78, 5) is 11.6. The lowest BCUT2D eigenvalue weighted by Gasteiger charge is -2.42. The van der Waals surface area contributed by atoms with Crippen LogP contribution in [0.25, 0.3) is 0 Å². The Morgan fingerprint density at radius 1 is 1.09 bits per heavy atom. The lowest BCUT2D eigenvalue weighted by Crippen LogP contribution is -2.34. The quantitative estimate of drug-likeness (QED) is 0.744. The minimum atomic E-state index is -0.0980. The number of hydrogen-bond donors (Lipinski definition) is 0. The molecule has 0 N–H and O–H groups in total. The number of benzene rings is 1. The first-order valence-corrected chi connectivity index (χ1v) is 8.47. The lowest BCUT2D eigenvalue weighted by molar-refractivity contribution is -0.143. The lowest BCUT2D eigenvalue weighted by atomic mass is 9.62. The number of carbonyl (C=O) groups is 1. The second-order valence-electron chi connectivity index (χ2n) is 7.90. The molecule has 2 rings (SSSR count). The van der Waals surface area contributed by atoms with Gasteiger partial charge in [0.2, 0.25) is 0 Å². The molecule has 0 unspecified atom stereocenters. The molecule has 2 nitrogen and oxygen atoms in total. The van der Waals surface area contributed by atoms with Crippen LogP contribution in [0.5, 0.6) is 0 Å². The van der Waals surface area contributed by atoms with Gasteiger partial charge in [-0.3, -0.25) is 4.79 Å². The third-order valence-electron chi connectivity index (χ3n) is 5.21. The van der Waals surface area contributed by atoms with Crippen LogP contribution in [0.1, 0.15) is 76.1 Å². The molecule has 22 heavy (non-hydrogen) atoms. The highest BCUT2D eigenvalue weighted by Gasteiger charge is 2.37. The fourth-order valence-corrected chi connectivity index (χ4v) is 3.51. The van der Waals surface area contributed by atoms with Gasteiger partial charge in [0.1, 0.15) is 0 Å². The van der Waals surface area contributed by atoms with E-state index < -0.39 is 0 Å². The van der Waals surface area contributed by atoms with Crippen molar-refractivity contribution in [1.29, 1.82) is 0 Å². The molecule has 1 aromatic rings. The molecule has 0 atom stereocenters. The topological polar surface area (TPSA) is 26.3 Å². The van der Waals surface area contributed by atoms with Crippen molar-refractivity contribution >= 4 is 5.97 Å². The molecule has 0 bridgehead atoms. The molecule has 0 saturated heterocycles. The van der Waals surface area contributed by atoms with Crippen molar-refractivity contribution in [2.24, 2.45) is 0 Å². The number of fused-ring (bicyclic) bond motifs is 1. The van der Waals surface area contributed by atoms with E-state index in [4.69, 9.17) is 4.74 Å². The first kappa shape index (κ1) is 17.1. The predicted octanol–water partition coefficient (Wildman–Crippen LogP) is 4.84. The van der Waals surface area contributed by atoms with Gasteiger partial charge in [0.05, 0.1) is 6.61 Å². The zero-order valence-corrected chi connectivity index (χ0v) is 15.0. The van der Waals surface area contributed by atoms with Crippen molar-refractivity contribution in [3.63, 3.8) is 0 Å². The molecule has 1 aliphatic carbocycles. The summed E-state index contributed by atoms with van der Waals surface area (Å²) in [5, 5.41) is 0. The summed E-state index contributed by atoms with van der Waals surface area (Å²) in [5.74, 6) is -0.0980. The zero-order valence-electron chi connectivity index (χ0n) is 15.0. The molecule has 0 amide bonds. The highest BCUT2D eigenvalue weighted by molar-refractivity contribution is 5.69. The maximum absolute atomic E-state index is 11.6. The Morgan fingerprint density at radius 2 is 1.64 bits per heavy atom. The van der Waals surface area contributed by atoms with E-state index in [9.17, 15) is 4.79 Å². The number of carbonyl (C=O) groups excluding carboxylic acids is 1. The van der Waals surface area contributed by atoms with E-state index in [0.29, 0.717) is 13.0 Å². The fraction of sp³-hybridized carbons (Fsp3) is 0.650. The maximum Gasteiger partial charge on any atom is 0.306 e. The van der Waals surface area contributed by atoms with Crippen LogP contribution in [0, 0.1) is 6.92 Å². The van der Waals surface area contributed by atoms with Crippen molar-refractivity contribution < 1.29 is 9.53 Å². The summed E-state index contributed by atoms with van der Waals surface area (Å²) in [5.41, 5.74) is 6.01. The monoisotopic (exact) mass is 302 g/mol. The Bertz CT molecular complexity index is 567. The van der Waals surface area contributed by atoms with Gasteiger partial charge >= 0.3 is 5.97 Å². The van der Waals surface area contributed by atoms with Crippen LogP contribution in [0.3, 0.4) is 0 Å². The third kappa shape index (κ3) is 3.37. The summed E-state index contributed by atoms with van der Waals surface area (Å²) in [6.45, 7) is 13.9. The molecule has 0 aromatic heterocycles. The number of esters is 1. The number of ether oxygens (including phenoxy) is 1. The normalized spacial score (nSPS) is 18.6. The molecule has 0 radical (unpaired) electrons. The molecule has 0 spiro atoms. The van der Waals surface area contributed by atoms with E-state index in [0.717, 1.165) is 6.42 Å². The maximum atomic E-state index is 11.6. The highest BCUT2D eigenvalue weighted by atomic mass is 16.5. The second kappa shape index (κ2) is 6.06. The van der Waals surface area contributed by atoms with E-state index >= 15 is 0 Å². The Balaban J connectivity index is 2.33. The molecule has 0 fully saturated rings. The molecular weight excluding hydrogens is 272 g/mol. The Labute approximate surface area is 135 Å². The van der Waals surface area contributed by atoms with Gasteiger partial charge in [0.15, 0.2) is 0 Å². The minimum Gasteiger partial charge on any atom is -0.466 e. The molecule has 1 aromatic carbocycles. The van der Waals surface area contributed by atoms with Gasteiger partial charge in [0, 0.05) is 6.42 Å². The summed E-state index contributed by atoms with van der Waals surface area (Å²) in [6.07, 6.45) is 3.69. The van der Waals surface area contributed by atoms with E-state index in [1.54, 1.807) is 0 Å². The zero-order chi connectivity index (χ0) is 16.5. The van der Waals surface area contributed by atoms with Gasteiger partial charge in [-0.05, 0) is 66.2 Å². The van der Waals surface area contributed by atoms with Crippen molar-refractivity contribution in [3.05, 3.63) is 34.4 Å². The molecule has 1 aliphatic rings. The molecule has 2 heteroatoms. The molecule has 0 heterocycles. The number of aryl methyl sites for hydroxylation is 2. The van der Waals surface area contributed by atoms with E-state index in [2.05, 4.69) is 46.8 Å². The average molecular weight is 302 g/mol. The first-order chi connectivity index (χ1) is 10.2. The Hall–Kier alpha value is -1.31. The van der Waals surface area contributed by atoms with Crippen LogP contribution >= 0.6 is 0 Å². The highest BCUT2D eigenvalue weighted by Crippen LogP contribution is 2.46. The summed E-state index contributed by atoms with van der Waals surface area (Å²) in [6, 6.07) is 4.71. The van der Waals surface area contributed by atoms with Crippen molar-refractivity contribution in [2.75, 3.05) is 6.61 Å². The average Bonchev–Trinajstić information content (AvgIpc) is 2.43. The molecule has 122 valence electrons. The molecule has 0 aliphatic heterocycles. The SMILES string of the molecule is CCOC(=O)CCc1cc2c(cc1C)C(C)(C)CCC2(C)C. The van der Waals surface area contributed by atoms with Crippen molar-refractivity contribution in [2.45, 2.75) is 78.1 Å². The number of rotatable bonds is 4. The van der Waals surface area contributed by atoms with Crippen molar-refractivity contribution in [1.82, 2.24) is 0 Å². The Kier molecular flexibility index (Phi) is 4.70. The van der Waals surface area contributed by atoms with Crippen LogP contribution in [0.15, 0.2) is 12.1 Å². The van der Waals surface area contributed by atoms with Gasteiger partial charge in [-0.2, -0.15) is 0 Å². The van der Waals surface area contributed by atoms with Gasteiger partial charge in [-0.15, -0.1) is 0 Å². The van der Waals surface area contributed by atoms with Crippen molar-refractivity contribution in [3.8, 4) is 0 Å². The van der Waals surface area contributed by atoms with E-state index in [1.807, 2.05) is 6.92 Å². The Morgan fingerprint density at radius 3 is 2.18 bits per heavy atom. The fourth-order valence-electron chi connectivity index (χ4n) is 3.51. The standard InChI is InChI=1S/C20H30O2/c1-7-22-18(21)9-8-15-13-17-16(12-14(15)2)19(3,4)10-11-20(17,5)6/h12-13H,7-11H2,1-6H3. The first-order valence-electron chi connectivity index (χ1n) is 8.47. The van der Waals surface area contributed by atoms with Crippen LogP contribution in [0.2, 0.25) is 0 Å². The smallest absolute Gasteiger partial charge is 0.306 e. The second-order valence-corrected chi connectivity index (χ2v) is 7.90. The van der Waals surface area contributed by atoms with Crippen LogP contribution < -0.4 is 0 Å². The molecular formula is C20H30O2. The van der Waals surface area contributed by atoms with E-state index in [-0.39, 0.29) is 16.8 Å². The predicted molar refractivity (Wildman–Crippen MR) is 91.4 cm³/mol. The summed E-state index contributed by atoms with van der Waals surface area (Å²) < 4.78 is 5.05. The largest absolute Gasteiger partial charge is 0.466 e. The number of hydrogen-bond acceptors (Lipinski definition) is 2. The molecule has 0 saturated carbocycles. The van der Waals surface area contributed by atoms with E-state index in [1.165, 1.54) is 35.1 Å². The summed E-state index contributed by atoms with van der Waals surface area (Å²) in [7, 11) is 0.